The van der Waals surface area contributed by atoms with Crippen LogP contribution >= 0.6 is 0 Å². The zero-order chi connectivity index (χ0) is 17.0. The lowest BCUT2D eigenvalue weighted by molar-refractivity contribution is 0.434. The van der Waals surface area contributed by atoms with Crippen molar-refractivity contribution in [2.45, 2.75) is 9.79 Å². The first kappa shape index (κ1) is 16.1. The Labute approximate surface area is 124 Å². The molecule has 2 aromatic carbocycles. The number of nitrogens with two attached hydrogens (primary N) is 3. The number of aromatic hydroxyl groups is 1. The van der Waals surface area contributed by atoms with Crippen LogP contribution in [0.1, 0.15) is 0 Å². The van der Waals surface area contributed by atoms with Crippen molar-refractivity contribution in [1.29, 1.82) is 0 Å². The summed E-state index contributed by atoms with van der Waals surface area (Å²) in [6.45, 7) is 0. The smallest absolute Gasteiger partial charge is 0.299 e. The number of phenols is 1. The van der Waals surface area contributed by atoms with Crippen molar-refractivity contribution in [3.8, 4) is 5.75 Å². The molecule has 0 saturated carbocycles. The molecule has 0 aromatic heterocycles. The molecule has 22 heavy (non-hydrogen) atoms. The third-order valence-corrected chi connectivity index (χ3v) is 4.97. The zero-order valence-corrected chi connectivity index (χ0v) is 12.3. The van der Waals surface area contributed by atoms with Gasteiger partial charge in [0.15, 0.2) is 10.6 Å². The van der Waals surface area contributed by atoms with Gasteiger partial charge in [-0.2, -0.15) is 16.8 Å². The van der Waals surface area contributed by atoms with Crippen molar-refractivity contribution in [2.75, 3.05) is 17.2 Å². The predicted octanol–water partition coefficient (Wildman–Crippen LogP) is -0.215. The fraction of sp³-hybridized carbons (Fsp3) is 0. The molecule has 9 N–H and O–H groups in total. The van der Waals surface area contributed by atoms with Gasteiger partial charge in [-0.25, -0.2) is 0 Å². The maximum Gasteiger partial charge on any atom is 0.299 e. The van der Waals surface area contributed by atoms with Gasteiger partial charge in [-0.15, -0.1) is 0 Å². The minimum atomic E-state index is -5.23. The molecule has 0 aliphatic carbocycles. The Kier molecular flexibility index (Phi) is 3.37. The summed E-state index contributed by atoms with van der Waals surface area (Å²) in [7, 11) is -10.4. The summed E-state index contributed by atoms with van der Waals surface area (Å²) in [5, 5.41) is 9.17. The molecule has 0 unspecified atom stereocenters. The second-order valence-electron chi connectivity index (χ2n) is 4.36. The molecule has 0 aliphatic rings. The van der Waals surface area contributed by atoms with Gasteiger partial charge in [0.1, 0.15) is 4.90 Å². The summed E-state index contributed by atoms with van der Waals surface area (Å²) in [6.07, 6.45) is 0. The number of benzene rings is 2. The maximum absolute atomic E-state index is 11.5. The molecule has 2 aromatic rings. The SMILES string of the molecule is Nc1ccc2c(S(=O)(=O)O)c(S(=O)(=O)O)c(O)c(N)c2c1N. The van der Waals surface area contributed by atoms with E-state index in [0.717, 1.165) is 12.1 Å². The van der Waals surface area contributed by atoms with Crippen molar-refractivity contribution >= 4 is 48.1 Å². The van der Waals surface area contributed by atoms with E-state index in [4.69, 9.17) is 21.8 Å². The normalized spacial score (nSPS) is 12.6. The molecule has 0 amide bonds. The van der Waals surface area contributed by atoms with E-state index < -0.39 is 46.9 Å². The standard InChI is InChI=1S/C10H11N3O7S2/c11-4-2-1-3-5(6(4)12)7(13)8(14)10(22(18,19)20)9(3)21(15,16)17/h1-2,14H,11-13H2,(H,15,16,17)(H,18,19,20). The fourth-order valence-electron chi connectivity index (χ4n) is 2.08. The lowest BCUT2D eigenvalue weighted by Crippen LogP contribution is -2.12. The van der Waals surface area contributed by atoms with Crippen molar-refractivity contribution in [3.05, 3.63) is 12.1 Å². The zero-order valence-electron chi connectivity index (χ0n) is 10.7. The summed E-state index contributed by atoms with van der Waals surface area (Å²) >= 11 is 0. The topological polar surface area (TPSA) is 207 Å². The van der Waals surface area contributed by atoms with Gasteiger partial charge in [0.2, 0.25) is 0 Å². The third kappa shape index (κ3) is 2.27. The molecule has 0 spiro atoms. The molecule has 0 fully saturated rings. The van der Waals surface area contributed by atoms with Crippen LogP contribution in [0.2, 0.25) is 0 Å². The number of nitrogen functional groups attached to an aromatic ring is 3. The molecule has 0 radical (unpaired) electrons. The van der Waals surface area contributed by atoms with Gasteiger partial charge in [0.05, 0.1) is 17.1 Å². The summed E-state index contributed by atoms with van der Waals surface area (Å²) in [5.74, 6) is -1.26. The number of fused-ring (bicyclic) bond motifs is 1. The maximum atomic E-state index is 11.5. The average Bonchev–Trinajstić information content (AvgIpc) is 2.34. The van der Waals surface area contributed by atoms with Crippen molar-refractivity contribution in [1.82, 2.24) is 0 Å². The van der Waals surface area contributed by atoms with E-state index in [0.29, 0.717) is 0 Å². The van der Waals surface area contributed by atoms with E-state index >= 15 is 0 Å². The highest BCUT2D eigenvalue weighted by molar-refractivity contribution is 7.89. The van der Waals surface area contributed by atoms with Crippen LogP contribution in [-0.4, -0.2) is 31.0 Å². The first-order valence-corrected chi connectivity index (χ1v) is 8.32. The van der Waals surface area contributed by atoms with E-state index in [-0.39, 0.29) is 16.8 Å². The van der Waals surface area contributed by atoms with Crippen LogP contribution in [0.3, 0.4) is 0 Å². The average molecular weight is 349 g/mol. The van der Waals surface area contributed by atoms with Crippen molar-refractivity contribution in [3.63, 3.8) is 0 Å². The van der Waals surface area contributed by atoms with Crippen LogP contribution in [0.25, 0.3) is 10.8 Å². The summed E-state index contributed by atoms with van der Waals surface area (Å²) in [6, 6.07) is 2.19. The molecule has 0 bridgehead atoms. The van der Waals surface area contributed by atoms with Crippen LogP contribution < -0.4 is 17.2 Å². The Balaban J connectivity index is 3.33. The Morgan fingerprint density at radius 2 is 1.32 bits per heavy atom. The van der Waals surface area contributed by atoms with E-state index in [1.807, 2.05) is 0 Å². The van der Waals surface area contributed by atoms with Crippen LogP contribution in [0.15, 0.2) is 21.9 Å². The lowest BCUT2D eigenvalue weighted by atomic mass is 10.0. The Morgan fingerprint density at radius 3 is 1.77 bits per heavy atom. The molecule has 0 heterocycles. The Bertz CT molecular complexity index is 1010. The molecular formula is C10H11N3O7S2. The molecule has 0 atom stereocenters. The number of hydrogen-bond donors (Lipinski definition) is 6. The largest absolute Gasteiger partial charge is 0.504 e. The number of anilines is 3. The highest BCUT2D eigenvalue weighted by Gasteiger charge is 2.33. The van der Waals surface area contributed by atoms with Gasteiger partial charge >= 0.3 is 0 Å². The molecular weight excluding hydrogens is 338 g/mol. The van der Waals surface area contributed by atoms with Gasteiger partial charge in [0, 0.05) is 10.8 Å². The highest BCUT2D eigenvalue weighted by Crippen LogP contribution is 2.45. The monoisotopic (exact) mass is 349 g/mol. The molecule has 0 saturated heterocycles. The van der Waals surface area contributed by atoms with Crippen molar-refractivity contribution in [2.24, 2.45) is 0 Å². The summed E-state index contributed by atoms with van der Waals surface area (Å²) in [4.78, 5) is -2.69. The first-order chi connectivity index (χ1) is 9.87. The van der Waals surface area contributed by atoms with Gasteiger partial charge in [0.25, 0.3) is 20.2 Å². The van der Waals surface area contributed by atoms with Crippen LogP contribution in [0.5, 0.6) is 5.75 Å². The summed E-state index contributed by atoms with van der Waals surface area (Å²) < 4.78 is 64.2. The second kappa shape index (κ2) is 4.61. The molecule has 0 aliphatic heterocycles. The Hall–Kier alpha value is -2.28. The predicted molar refractivity (Wildman–Crippen MR) is 78.5 cm³/mol. The third-order valence-electron chi connectivity index (χ3n) is 2.99. The minimum absolute atomic E-state index is 0.0144. The van der Waals surface area contributed by atoms with Crippen LogP contribution in [0, 0.1) is 0 Å². The van der Waals surface area contributed by atoms with E-state index in [2.05, 4.69) is 0 Å². The van der Waals surface area contributed by atoms with Crippen molar-refractivity contribution < 1.29 is 31.0 Å². The second-order valence-corrected chi connectivity index (χ2v) is 7.08. The molecule has 10 nitrogen and oxygen atoms in total. The summed E-state index contributed by atoms with van der Waals surface area (Å²) in [5.41, 5.74) is 15.9. The van der Waals surface area contributed by atoms with E-state index in [1.54, 1.807) is 0 Å². The molecule has 2 rings (SSSR count). The van der Waals surface area contributed by atoms with Gasteiger partial charge in [-0.3, -0.25) is 9.11 Å². The number of hydrogen-bond acceptors (Lipinski definition) is 8. The fourth-order valence-corrected chi connectivity index (χ4v) is 4.19. The van der Waals surface area contributed by atoms with Gasteiger partial charge < -0.3 is 22.3 Å². The van der Waals surface area contributed by atoms with Crippen LogP contribution in [-0.2, 0) is 20.2 Å². The Morgan fingerprint density at radius 1 is 0.818 bits per heavy atom. The minimum Gasteiger partial charge on any atom is -0.504 e. The lowest BCUT2D eigenvalue weighted by Gasteiger charge is -2.16. The number of rotatable bonds is 2. The van der Waals surface area contributed by atoms with Gasteiger partial charge in [-0.1, -0.05) is 6.07 Å². The first-order valence-electron chi connectivity index (χ1n) is 5.44. The quantitative estimate of drug-likeness (QED) is 0.238. The molecule has 120 valence electrons. The van der Waals surface area contributed by atoms with Crippen LogP contribution in [0.4, 0.5) is 17.1 Å². The van der Waals surface area contributed by atoms with E-state index in [1.165, 1.54) is 0 Å². The molecule has 12 heteroatoms. The van der Waals surface area contributed by atoms with E-state index in [9.17, 15) is 26.5 Å². The van der Waals surface area contributed by atoms with Gasteiger partial charge in [-0.05, 0) is 6.07 Å². The number of phenolic OH excluding ortho intramolecular Hbond substituents is 1. The highest BCUT2D eigenvalue weighted by atomic mass is 32.2.